The first-order valence-corrected chi connectivity index (χ1v) is 6.24. The van der Waals surface area contributed by atoms with Gasteiger partial charge >= 0.3 is 5.97 Å². The highest BCUT2D eigenvalue weighted by molar-refractivity contribution is 5.75. The predicted octanol–water partition coefficient (Wildman–Crippen LogP) is 2.13. The number of ether oxygens (including phenoxy) is 2. The molecule has 0 spiro atoms. The Bertz CT molecular complexity index is 379. The number of carbonyl (C=O) groups excluding carboxylic acids is 1. The van der Waals surface area contributed by atoms with Gasteiger partial charge in [0.1, 0.15) is 11.8 Å². The molecule has 4 nitrogen and oxygen atoms in total. The Hall–Kier alpha value is -1.55. The fourth-order valence-corrected chi connectivity index (χ4v) is 1.66. The first-order valence-electron chi connectivity index (χ1n) is 6.24. The SMILES string of the molecule is CCOC(=O)C(CC)NCc1cccc(OC)c1. The Balaban J connectivity index is 2.53. The first kappa shape index (κ1) is 14.5. The van der Waals surface area contributed by atoms with Gasteiger partial charge in [0.05, 0.1) is 13.7 Å². The molecule has 100 valence electrons. The van der Waals surface area contributed by atoms with Crippen LogP contribution in [0.1, 0.15) is 25.8 Å². The Morgan fingerprint density at radius 2 is 2.17 bits per heavy atom. The van der Waals surface area contributed by atoms with Crippen molar-refractivity contribution in [3.63, 3.8) is 0 Å². The van der Waals surface area contributed by atoms with Gasteiger partial charge in [-0.3, -0.25) is 4.79 Å². The van der Waals surface area contributed by atoms with Crippen LogP contribution in [0.15, 0.2) is 24.3 Å². The topological polar surface area (TPSA) is 47.6 Å². The summed E-state index contributed by atoms with van der Waals surface area (Å²) in [5, 5.41) is 3.19. The molecule has 0 saturated heterocycles. The highest BCUT2D eigenvalue weighted by Gasteiger charge is 2.16. The molecule has 1 aromatic rings. The van der Waals surface area contributed by atoms with E-state index >= 15 is 0 Å². The molecule has 1 rings (SSSR count). The molecule has 0 radical (unpaired) electrons. The van der Waals surface area contributed by atoms with Crippen LogP contribution in [0.3, 0.4) is 0 Å². The van der Waals surface area contributed by atoms with Crippen molar-refractivity contribution < 1.29 is 14.3 Å². The molecule has 0 fully saturated rings. The molecule has 0 heterocycles. The lowest BCUT2D eigenvalue weighted by atomic mass is 10.1. The summed E-state index contributed by atoms with van der Waals surface area (Å²) in [6.45, 7) is 4.80. The monoisotopic (exact) mass is 251 g/mol. The van der Waals surface area contributed by atoms with Crippen LogP contribution in [0.2, 0.25) is 0 Å². The molecular formula is C14H21NO3. The summed E-state index contributed by atoms with van der Waals surface area (Å²) in [6.07, 6.45) is 0.711. The van der Waals surface area contributed by atoms with E-state index in [9.17, 15) is 4.79 Å². The van der Waals surface area contributed by atoms with Crippen molar-refractivity contribution in [1.82, 2.24) is 5.32 Å². The number of rotatable bonds is 7. The largest absolute Gasteiger partial charge is 0.497 e. The number of carbonyl (C=O) groups is 1. The van der Waals surface area contributed by atoms with E-state index in [-0.39, 0.29) is 12.0 Å². The molecule has 1 aromatic carbocycles. The summed E-state index contributed by atoms with van der Waals surface area (Å²) in [5.74, 6) is 0.626. The van der Waals surface area contributed by atoms with Gasteiger partial charge in [0, 0.05) is 6.54 Å². The van der Waals surface area contributed by atoms with Crippen LogP contribution in [0.4, 0.5) is 0 Å². The number of benzene rings is 1. The molecule has 1 unspecified atom stereocenters. The van der Waals surface area contributed by atoms with Crippen LogP contribution in [-0.4, -0.2) is 25.7 Å². The summed E-state index contributed by atoms with van der Waals surface area (Å²) in [5.41, 5.74) is 1.08. The second-order valence-electron chi connectivity index (χ2n) is 3.95. The number of esters is 1. The average Bonchev–Trinajstić information content (AvgIpc) is 2.40. The van der Waals surface area contributed by atoms with Gasteiger partial charge in [-0.15, -0.1) is 0 Å². The maximum absolute atomic E-state index is 11.6. The number of nitrogens with one attached hydrogen (secondary N) is 1. The number of hydrogen-bond donors (Lipinski definition) is 1. The Labute approximate surface area is 108 Å². The number of methoxy groups -OCH3 is 1. The van der Waals surface area contributed by atoms with Gasteiger partial charge in [-0.25, -0.2) is 0 Å². The minimum atomic E-state index is -0.254. The zero-order valence-corrected chi connectivity index (χ0v) is 11.2. The average molecular weight is 251 g/mol. The summed E-state index contributed by atoms with van der Waals surface area (Å²) >= 11 is 0. The van der Waals surface area contributed by atoms with Gasteiger partial charge in [0.25, 0.3) is 0 Å². The van der Waals surface area contributed by atoms with Gasteiger partial charge in [-0.05, 0) is 31.0 Å². The molecular weight excluding hydrogens is 230 g/mol. The Morgan fingerprint density at radius 1 is 1.39 bits per heavy atom. The minimum Gasteiger partial charge on any atom is -0.497 e. The molecule has 0 aliphatic heterocycles. The highest BCUT2D eigenvalue weighted by Crippen LogP contribution is 2.12. The predicted molar refractivity (Wildman–Crippen MR) is 70.5 cm³/mol. The van der Waals surface area contributed by atoms with E-state index in [1.54, 1.807) is 7.11 Å². The van der Waals surface area contributed by atoms with Gasteiger partial charge in [0.2, 0.25) is 0 Å². The molecule has 4 heteroatoms. The normalized spacial score (nSPS) is 11.9. The number of hydrogen-bond acceptors (Lipinski definition) is 4. The molecule has 0 aromatic heterocycles. The summed E-state index contributed by atoms with van der Waals surface area (Å²) in [4.78, 5) is 11.6. The molecule has 1 atom stereocenters. The van der Waals surface area contributed by atoms with Crippen LogP contribution in [0.5, 0.6) is 5.75 Å². The van der Waals surface area contributed by atoms with Crippen molar-refractivity contribution in [1.29, 1.82) is 0 Å². The van der Waals surface area contributed by atoms with Gasteiger partial charge < -0.3 is 14.8 Å². The molecule has 0 aliphatic carbocycles. The molecule has 0 amide bonds. The molecule has 0 bridgehead atoms. The van der Waals surface area contributed by atoms with Crippen LogP contribution in [0.25, 0.3) is 0 Å². The lowest BCUT2D eigenvalue weighted by molar-refractivity contribution is -0.145. The van der Waals surface area contributed by atoms with Gasteiger partial charge in [-0.2, -0.15) is 0 Å². The summed E-state index contributed by atoms with van der Waals surface area (Å²) in [6, 6.07) is 7.52. The maximum Gasteiger partial charge on any atom is 0.323 e. The summed E-state index contributed by atoms with van der Waals surface area (Å²) < 4.78 is 10.2. The van der Waals surface area contributed by atoms with E-state index in [1.165, 1.54) is 0 Å². The van der Waals surface area contributed by atoms with Crippen molar-refractivity contribution in [2.75, 3.05) is 13.7 Å². The first-order chi connectivity index (χ1) is 8.71. The van der Waals surface area contributed by atoms with Crippen LogP contribution in [0, 0.1) is 0 Å². The molecule has 0 saturated carbocycles. The standard InChI is InChI=1S/C14H21NO3/c1-4-13(14(16)18-5-2)15-10-11-7-6-8-12(9-11)17-3/h6-9,13,15H,4-5,10H2,1-3H3. The fourth-order valence-electron chi connectivity index (χ4n) is 1.66. The second kappa shape index (κ2) is 7.71. The van der Waals surface area contributed by atoms with E-state index in [4.69, 9.17) is 9.47 Å². The van der Waals surface area contributed by atoms with Gasteiger partial charge in [-0.1, -0.05) is 19.1 Å². The zero-order valence-electron chi connectivity index (χ0n) is 11.2. The van der Waals surface area contributed by atoms with E-state index in [2.05, 4.69) is 5.32 Å². The van der Waals surface area contributed by atoms with Crippen LogP contribution >= 0.6 is 0 Å². The van der Waals surface area contributed by atoms with Crippen molar-refractivity contribution in [3.8, 4) is 5.75 Å². The molecule has 18 heavy (non-hydrogen) atoms. The fraction of sp³-hybridized carbons (Fsp3) is 0.500. The molecule has 0 aliphatic rings. The molecule has 1 N–H and O–H groups in total. The zero-order chi connectivity index (χ0) is 13.4. The van der Waals surface area contributed by atoms with E-state index in [1.807, 2.05) is 38.1 Å². The van der Waals surface area contributed by atoms with Crippen molar-refractivity contribution in [2.24, 2.45) is 0 Å². The third-order valence-electron chi connectivity index (χ3n) is 2.67. The lowest BCUT2D eigenvalue weighted by Crippen LogP contribution is -2.37. The summed E-state index contributed by atoms with van der Waals surface area (Å²) in [7, 11) is 1.64. The van der Waals surface area contributed by atoms with E-state index < -0.39 is 0 Å². The maximum atomic E-state index is 11.6. The lowest BCUT2D eigenvalue weighted by Gasteiger charge is -2.15. The highest BCUT2D eigenvalue weighted by atomic mass is 16.5. The van der Waals surface area contributed by atoms with Crippen LogP contribution in [-0.2, 0) is 16.1 Å². The van der Waals surface area contributed by atoms with Crippen molar-refractivity contribution >= 4 is 5.97 Å². The van der Waals surface area contributed by atoms with Crippen molar-refractivity contribution in [2.45, 2.75) is 32.9 Å². The van der Waals surface area contributed by atoms with Gasteiger partial charge in [0.15, 0.2) is 0 Å². The Kier molecular flexibility index (Phi) is 6.22. The second-order valence-corrected chi connectivity index (χ2v) is 3.95. The third kappa shape index (κ3) is 4.37. The van der Waals surface area contributed by atoms with Crippen molar-refractivity contribution in [3.05, 3.63) is 29.8 Å². The van der Waals surface area contributed by atoms with E-state index in [0.29, 0.717) is 19.6 Å². The smallest absolute Gasteiger partial charge is 0.323 e. The Morgan fingerprint density at radius 3 is 2.78 bits per heavy atom. The minimum absolute atomic E-state index is 0.192. The quantitative estimate of drug-likeness (QED) is 0.754. The third-order valence-corrected chi connectivity index (χ3v) is 2.67. The van der Waals surface area contributed by atoms with E-state index in [0.717, 1.165) is 11.3 Å². The van der Waals surface area contributed by atoms with Crippen LogP contribution < -0.4 is 10.1 Å².